The van der Waals surface area contributed by atoms with E-state index in [-0.39, 0.29) is 5.69 Å². The Morgan fingerprint density at radius 3 is 3.00 bits per heavy atom. The van der Waals surface area contributed by atoms with Crippen LogP contribution in [0, 0.1) is 0 Å². The van der Waals surface area contributed by atoms with E-state index in [1.807, 2.05) is 0 Å². The summed E-state index contributed by atoms with van der Waals surface area (Å²) in [5, 5.41) is 6.36. The summed E-state index contributed by atoms with van der Waals surface area (Å²) in [7, 11) is 0. The molecule has 2 rings (SSSR count). The van der Waals surface area contributed by atoms with Gasteiger partial charge in [-0.2, -0.15) is 5.10 Å². The number of H-pyrrole nitrogens is 1. The van der Waals surface area contributed by atoms with Gasteiger partial charge in [-0.15, -0.1) is 0 Å². The molecule has 0 spiro atoms. The molecule has 0 fully saturated rings. The predicted molar refractivity (Wildman–Crippen MR) is 38.8 cm³/mol. The lowest BCUT2D eigenvalue weighted by molar-refractivity contribution is 0.147. The highest BCUT2D eigenvalue weighted by Gasteiger charge is 2.14. The van der Waals surface area contributed by atoms with Crippen LogP contribution in [0.2, 0.25) is 0 Å². The Bertz CT molecular complexity index is 396. The van der Waals surface area contributed by atoms with E-state index in [2.05, 4.69) is 15.2 Å². The zero-order valence-electron chi connectivity index (χ0n) is 5.96. The molecule has 0 aliphatic rings. The highest BCUT2D eigenvalue weighted by atomic mass is 19.3. The quantitative estimate of drug-likeness (QED) is 0.708. The van der Waals surface area contributed by atoms with Gasteiger partial charge in [0.25, 0.3) is 6.43 Å². The maximum absolute atomic E-state index is 12.2. The van der Waals surface area contributed by atoms with Crippen LogP contribution in [0.15, 0.2) is 18.5 Å². The Labute approximate surface area is 66.4 Å². The molecule has 0 saturated carbocycles. The minimum atomic E-state index is -2.55. The van der Waals surface area contributed by atoms with Crippen LogP contribution in [0.25, 0.3) is 10.9 Å². The van der Waals surface area contributed by atoms with Gasteiger partial charge in [-0.3, -0.25) is 10.1 Å². The Hall–Kier alpha value is -1.52. The first-order valence-electron chi connectivity index (χ1n) is 3.35. The van der Waals surface area contributed by atoms with Crippen molar-refractivity contribution in [3.05, 3.63) is 24.2 Å². The number of hydrogen-bond donors (Lipinski definition) is 1. The highest BCUT2D eigenvalue weighted by molar-refractivity contribution is 5.80. The molecule has 0 aliphatic carbocycles. The molecule has 2 aromatic heterocycles. The van der Waals surface area contributed by atoms with Crippen LogP contribution in [0.1, 0.15) is 12.1 Å². The van der Waals surface area contributed by atoms with E-state index in [4.69, 9.17) is 0 Å². The molecule has 0 bridgehead atoms. The summed E-state index contributed by atoms with van der Waals surface area (Å²) in [4.78, 5) is 3.73. The summed E-state index contributed by atoms with van der Waals surface area (Å²) in [5.41, 5.74) is 0.346. The predicted octanol–water partition coefficient (Wildman–Crippen LogP) is 1.90. The van der Waals surface area contributed by atoms with Gasteiger partial charge in [0.1, 0.15) is 5.69 Å². The summed E-state index contributed by atoms with van der Waals surface area (Å²) in [5.74, 6) is 0. The van der Waals surface area contributed by atoms with Crippen LogP contribution in [-0.2, 0) is 0 Å². The Kier molecular flexibility index (Phi) is 1.49. The summed E-state index contributed by atoms with van der Waals surface area (Å²) in [6, 6.07) is 1.61. The van der Waals surface area contributed by atoms with E-state index in [1.165, 1.54) is 12.4 Å². The number of alkyl halides is 2. The van der Waals surface area contributed by atoms with E-state index in [9.17, 15) is 8.78 Å². The Balaban J connectivity index is 2.70. The number of hydrogen-bond acceptors (Lipinski definition) is 2. The second-order valence-electron chi connectivity index (χ2n) is 2.33. The summed E-state index contributed by atoms with van der Waals surface area (Å²) >= 11 is 0. The second kappa shape index (κ2) is 2.51. The van der Waals surface area contributed by atoms with Crippen LogP contribution >= 0.6 is 0 Å². The van der Waals surface area contributed by atoms with Gasteiger partial charge in [-0.05, 0) is 6.07 Å². The van der Waals surface area contributed by atoms with Crippen molar-refractivity contribution in [3.8, 4) is 0 Å². The second-order valence-corrected chi connectivity index (χ2v) is 2.33. The molecule has 3 nitrogen and oxygen atoms in total. The SMILES string of the molecule is FC(F)c1n[nH]c2ccncc12. The molecular weight excluding hydrogens is 164 g/mol. The third-order valence-corrected chi connectivity index (χ3v) is 1.60. The molecule has 2 aromatic rings. The van der Waals surface area contributed by atoms with Crippen molar-refractivity contribution in [2.45, 2.75) is 6.43 Å². The molecule has 62 valence electrons. The lowest BCUT2D eigenvalue weighted by Gasteiger charge is -1.91. The minimum absolute atomic E-state index is 0.238. The fourth-order valence-corrected chi connectivity index (χ4v) is 1.04. The van der Waals surface area contributed by atoms with Gasteiger partial charge in [0.05, 0.1) is 5.52 Å². The van der Waals surface area contributed by atoms with Crippen molar-refractivity contribution in [2.24, 2.45) is 0 Å². The average Bonchev–Trinajstić information content (AvgIpc) is 2.47. The van der Waals surface area contributed by atoms with E-state index < -0.39 is 6.43 Å². The lowest BCUT2D eigenvalue weighted by atomic mass is 10.3. The monoisotopic (exact) mass is 169 g/mol. The third kappa shape index (κ3) is 0.939. The molecule has 0 aliphatic heterocycles. The molecule has 5 heteroatoms. The molecular formula is C7H5F2N3. The molecule has 1 N–H and O–H groups in total. The van der Waals surface area contributed by atoms with E-state index >= 15 is 0 Å². The van der Waals surface area contributed by atoms with Crippen molar-refractivity contribution in [1.82, 2.24) is 15.2 Å². The van der Waals surface area contributed by atoms with E-state index in [1.54, 1.807) is 6.07 Å². The molecule has 0 amide bonds. The largest absolute Gasteiger partial charge is 0.282 e. The summed E-state index contributed by atoms with van der Waals surface area (Å²) in [6.07, 6.45) is 0.346. The van der Waals surface area contributed by atoms with Gasteiger partial charge in [-0.25, -0.2) is 8.78 Å². The van der Waals surface area contributed by atoms with Gasteiger partial charge < -0.3 is 0 Å². The number of halogens is 2. The Morgan fingerprint density at radius 2 is 2.25 bits per heavy atom. The molecule has 0 atom stereocenters. The van der Waals surface area contributed by atoms with Gasteiger partial charge in [0.2, 0.25) is 0 Å². The summed E-state index contributed by atoms with van der Waals surface area (Å²) < 4.78 is 24.4. The number of nitrogens with zero attached hydrogens (tertiary/aromatic N) is 2. The third-order valence-electron chi connectivity index (χ3n) is 1.60. The van der Waals surface area contributed by atoms with Crippen molar-refractivity contribution in [1.29, 1.82) is 0 Å². The average molecular weight is 169 g/mol. The van der Waals surface area contributed by atoms with Crippen LogP contribution in [0.5, 0.6) is 0 Å². The van der Waals surface area contributed by atoms with Gasteiger partial charge in [0, 0.05) is 17.8 Å². The van der Waals surface area contributed by atoms with Crippen LogP contribution in [-0.4, -0.2) is 15.2 Å². The fourth-order valence-electron chi connectivity index (χ4n) is 1.04. The zero-order valence-corrected chi connectivity index (χ0v) is 5.96. The number of aromatic nitrogens is 3. The van der Waals surface area contributed by atoms with Crippen LogP contribution in [0.4, 0.5) is 8.78 Å². The number of pyridine rings is 1. The van der Waals surface area contributed by atoms with E-state index in [0.29, 0.717) is 10.9 Å². The summed E-state index contributed by atoms with van der Waals surface area (Å²) in [6.45, 7) is 0. The van der Waals surface area contributed by atoms with Gasteiger partial charge in [-0.1, -0.05) is 0 Å². The number of aromatic amines is 1. The first-order chi connectivity index (χ1) is 5.79. The smallest absolute Gasteiger partial charge is 0.277 e. The Morgan fingerprint density at radius 1 is 1.42 bits per heavy atom. The van der Waals surface area contributed by atoms with Crippen molar-refractivity contribution in [3.63, 3.8) is 0 Å². The van der Waals surface area contributed by atoms with Gasteiger partial charge in [0.15, 0.2) is 0 Å². The highest BCUT2D eigenvalue weighted by Crippen LogP contribution is 2.23. The lowest BCUT2D eigenvalue weighted by Crippen LogP contribution is -1.84. The maximum atomic E-state index is 12.2. The first kappa shape index (κ1) is 7.15. The number of rotatable bonds is 1. The molecule has 0 saturated heterocycles. The van der Waals surface area contributed by atoms with Gasteiger partial charge >= 0.3 is 0 Å². The maximum Gasteiger partial charge on any atom is 0.282 e. The van der Waals surface area contributed by atoms with E-state index in [0.717, 1.165) is 0 Å². The molecule has 0 aromatic carbocycles. The molecule has 0 radical (unpaired) electrons. The standard InChI is InChI=1S/C7H5F2N3/c8-7(9)6-4-3-10-2-1-5(4)11-12-6/h1-3,7H,(H,11,12). The van der Waals surface area contributed by atoms with Crippen molar-refractivity contribution >= 4 is 10.9 Å². The number of fused-ring (bicyclic) bond motifs is 1. The first-order valence-corrected chi connectivity index (χ1v) is 3.35. The number of nitrogens with one attached hydrogen (secondary N) is 1. The topological polar surface area (TPSA) is 41.6 Å². The molecule has 0 unspecified atom stereocenters. The fraction of sp³-hybridized carbons (Fsp3) is 0.143. The zero-order chi connectivity index (χ0) is 8.55. The minimum Gasteiger partial charge on any atom is -0.277 e. The van der Waals surface area contributed by atoms with Crippen molar-refractivity contribution in [2.75, 3.05) is 0 Å². The molecule has 12 heavy (non-hydrogen) atoms. The van der Waals surface area contributed by atoms with Crippen molar-refractivity contribution < 1.29 is 8.78 Å². The molecule has 2 heterocycles. The van der Waals surface area contributed by atoms with Crippen LogP contribution in [0.3, 0.4) is 0 Å². The van der Waals surface area contributed by atoms with Crippen LogP contribution < -0.4 is 0 Å². The normalized spacial score (nSPS) is 11.2.